The summed E-state index contributed by atoms with van der Waals surface area (Å²) in [4.78, 5) is 23.6. The molecule has 0 unspecified atom stereocenters. The SMILES string of the molecule is CC(=O)N[C@@H](C(=O)NC[C@H]1CCS(=O)(=O)C1)C1CCCC1. The summed E-state index contributed by atoms with van der Waals surface area (Å²) < 4.78 is 22.8. The molecule has 0 aromatic rings. The smallest absolute Gasteiger partial charge is 0.242 e. The summed E-state index contributed by atoms with van der Waals surface area (Å²) in [6.45, 7) is 1.79. The van der Waals surface area contributed by atoms with Gasteiger partial charge in [-0.25, -0.2) is 8.42 Å². The van der Waals surface area contributed by atoms with E-state index in [1.165, 1.54) is 6.92 Å². The van der Waals surface area contributed by atoms with Crippen molar-refractivity contribution in [1.29, 1.82) is 0 Å². The standard InChI is InChI=1S/C14H24N2O4S/c1-10(17)16-13(12-4-2-3-5-12)14(18)15-8-11-6-7-21(19,20)9-11/h11-13H,2-9H2,1H3,(H,15,18)(H,16,17)/t11-,13-/m1/s1. The van der Waals surface area contributed by atoms with Crippen LogP contribution in [0.3, 0.4) is 0 Å². The molecule has 2 rings (SSSR count). The Bertz CT molecular complexity index is 497. The molecule has 2 aliphatic rings. The average Bonchev–Trinajstić information content (AvgIpc) is 3.02. The van der Waals surface area contributed by atoms with E-state index in [1.54, 1.807) is 0 Å². The van der Waals surface area contributed by atoms with Crippen molar-refractivity contribution in [3.63, 3.8) is 0 Å². The fraction of sp³-hybridized carbons (Fsp3) is 0.857. The molecule has 1 saturated heterocycles. The van der Waals surface area contributed by atoms with Crippen molar-refractivity contribution < 1.29 is 18.0 Å². The van der Waals surface area contributed by atoms with Gasteiger partial charge in [0.05, 0.1) is 11.5 Å². The van der Waals surface area contributed by atoms with E-state index in [-0.39, 0.29) is 35.2 Å². The van der Waals surface area contributed by atoms with Crippen molar-refractivity contribution in [2.45, 2.75) is 45.1 Å². The molecule has 2 fully saturated rings. The van der Waals surface area contributed by atoms with Crippen LogP contribution in [0.5, 0.6) is 0 Å². The van der Waals surface area contributed by atoms with E-state index >= 15 is 0 Å². The van der Waals surface area contributed by atoms with E-state index in [4.69, 9.17) is 0 Å². The molecular formula is C14H24N2O4S. The molecule has 1 aliphatic carbocycles. The van der Waals surface area contributed by atoms with Gasteiger partial charge in [-0.2, -0.15) is 0 Å². The Kier molecular flexibility index (Phi) is 5.24. The fourth-order valence-corrected chi connectivity index (χ4v) is 5.16. The molecule has 0 bridgehead atoms. The molecular weight excluding hydrogens is 292 g/mol. The van der Waals surface area contributed by atoms with Crippen LogP contribution in [0, 0.1) is 11.8 Å². The number of nitrogens with one attached hydrogen (secondary N) is 2. The summed E-state index contributed by atoms with van der Waals surface area (Å²) >= 11 is 0. The van der Waals surface area contributed by atoms with Crippen molar-refractivity contribution in [3.8, 4) is 0 Å². The highest BCUT2D eigenvalue weighted by molar-refractivity contribution is 7.91. The molecule has 0 aromatic carbocycles. The molecule has 1 saturated carbocycles. The van der Waals surface area contributed by atoms with Crippen LogP contribution >= 0.6 is 0 Å². The lowest BCUT2D eigenvalue weighted by atomic mass is 9.97. The normalized spacial score (nSPS) is 26.4. The minimum Gasteiger partial charge on any atom is -0.354 e. The van der Waals surface area contributed by atoms with Crippen LogP contribution < -0.4 is 10.6 Å². The Morgan fingerprint density at radius 1 is 1.19 bits per heavy atom. The van der Waals surface area contributed by atoms with E-state index in [0.29, 0.717) is 13.0 Å². The topological polar surface area (TPSA) is 92.3 Å². The second kappa shape index (κ2) is 6.77. The van der Waals surface area contributed by atoms with Crippen molar-refractivity contribution >= 4 is 21.7 Å². The number of carbonyl (C=O) groups is 2. The summed E-state index contributed by atoms with van der Waals surface area (Å²) in [7, 11) is -2.92. The largest absolute Gasteiger partial charge is 0.354 e. The lowest BCUT2D eigenvalue weighted by molar-refractivity contribution is -0.129. The van der Waals surface area contributed by atoms with Crippen molar-refractivity contribution in [2.75, 3.05) is 18.1 Å². The number of amides is 2. The molecule has 2 amide bonds. The second-order valence-electron chi connectivity index (χ2n) is 6.24. The van der Waals surface area contributed by atoms with Gasteiger partial charge in [-0.3, -0.25) is 9.59 Å². The molecule has 120 valence electrons. The molecule has 2 N–H and O–H groups in total. The molecule has 0 spiro atoms. The van der Waals surface area contributed by atoms with Crippen LogP contribution in [0.4, 0.5) is 0 Å². The summed E-state index contributed by atoms with van der Waals surface area (Å²) in [5, 5.41) is 5.57. The summed E-state index contributed by atoms with van der Waals surface area (Å²) in [6.07, 6.45) is 4.70. The Labute approximate surface area is 126 Å². The van der Waals surface area contributed by atoms with Gasteiger partial charge in [0.1, 0.15) is 6.04 Å². The van der Waals surface area contributed by atoms with Gasteiger partial charge in [0.15, 0.2) is 9.84 Å². The van der Waals surface area contributed by atoms with E-state index < -0.39 is 15.9 Å². The van der Waals surface area contributed by atoms with Crippen LogP contribution in [0.15, 0.2) is 0 Å². The Hall–Kier alpha value is -1.11. The number of carbonyl (C=O) groups excluding carboxylic acids is 2. The number of hydrogen-bond donors (Lipinski definition) is 2. The van der Waals surface area contributed by atoms with Gasteiger partial charge in [0, 0.05) is 13.5 Å². The zero-order chi connectivity index (χ0) is 15.5. The van der Waals surface area contributed by atoms with E-state index in [9.17, 15) is 18.0 Å². The molecule has 21 heavy (non-hydrogen) atoms. The van der Waals surface area contributed by atoms with Crippen LogP contribution in [-0.4, -0.2) is 44.3 Å². The Morgan fingerprint density at radius 3 is 2.38 bits per heavy atom. The third-order valence-corrected chi connectivity index (χ3v) is 6.24. The second-order valence-corrected chi connectivity index (χ2v) is 8.47. The van der Waals surface area contributed by atoms with Crippen LogP contribution in [-0.2, 0) is 19.4 Å². The van der Waals surface area contributed by atoms with Crippen molar-refractivity contribution in [2.24, 2.45) is 11.8 Å². The lowest BCUT2D eigenvalue weighted by Gasteiger charge is -2.24. The highest BCUT2D eigenvalue weighted by Crippen LogP contribution is 2.28. The maximum Gasteiger partial charge on any atom is 0.242 e. The van der Waals surface area contributed by atoms with E-state index in [1.807, 2.05) is 0 Å². The maximum absolute atomic E-state index is 12.3. The highest BCUT2D eigenvalue weighted by Gasteiger charge is 2.33. The first kappa shape index (κ1) is 16.3. The number of sulfone groups is 1. The minimum absolute atomic E-state index is 0.000469. The highest BCUT2D eigenvalue weighted by atomic mass is 32.2. The fourth-order valence-electron chi connectivity index (χ4n) is 3.30. The first-order valence-electron chi connectivity index (χ1n) is 7.62. The zero-order valence-corrected chi connectivity index (χ0v) is 13.2. The molecule has 1 heterocycles. The van der Waals surface area contributed by atoms with E-state index in [2.05, 4.69) is 10.6 Å². The zero-order valence-electron chi connectivity index (χ0n) is 12.4. The molecule has 2 atom stereocenters. The first-order valence-corrected chi connectivity index (χ1v) is 9.45. The molecule has 0 aromatic heterocycles. The summed E-state index contributed by atoms with van der Waals surface area (Å²) in [6, 6.07) is -0.483. The lowest BCUT2D eigenvalue weighted by Crippen LogP contribution is -2.50. The van der Waals surface area contributed by atoms with Gasteiger partial charge in [0.25, 0.3) is 0 Å². The Balaban J connectivity index is 1.87. The molecule has 1 aliphatic heterocycles. The third-order valence-electron chi connectivity index (χ3n) is 4.40. The van der Waals surface area contributed by atoms with Crippen molar-refractivity contribution in [3.05, 3.63) is 0 Å². The van der Waals surface area contributed by atoms with E-state index in [0.717, 1.165) is 25.7 Å². The van der Waals surface area contributed by atoms with Crippen LogP contribution in [0.2, 0.25) is 0 Å². The molecule has 0 radical (unpaired) electrons. The third kappa shape index (κ3) is 4.69. The maximum atomic E-state index is 12.3. The van der Waals surface area contributed by atoms with Crippen LogP contribution in [0.25, 0.3) is 0 Å². The molecule has 7 heteroatoms. The van der Waals surface area contributed by atoms with Gasteiger partial charge < -0.3 is 10.6 Å². The van der Waals surface area contributed by atoms with Crippen LogP contribution in [0.1, 0.15) is 39.0 Å². The van der Waals surface area contributed by atoms with Gasteiger partial charge in [-0.05, 0) is 31.1 Å². The number of hydrogen-bond acceptors (Lipinski definition) is 4. The van der Waals surface area contributed by atoms with Gasteiger partial charge >= 0.3 is 0 Å². The predicted molar refractivity (Wildman–Crippen MR) is 79.3 cm³/mol. The summed E-state index contributed by atoms with van der Waals surface area (Å²) in [5.74, 6) is 0.181. The molecule has 6 nitrogen and oxygen atoms in total. The average molecular weight is 316 g/mol. The first-order chi connectivity index (χ1) is 9.87. The van der Waals surface area contributed by atoms with Gasteiger partial charge in [0.2, 0.25) is 11.8 Å². The number of rotatable bonds is 5. The summed E-state index contributed by atoms with van der Waals surface area (Å²) in [5.41, 5.74) is 0. The Morgan fingerprint density at radius 2 is 1.86 bits per heavy atom. The predicted octanol–water partition coefficient (Wildman–Crippen LogP) is 0.232. The van der Waals surface area contributed by atoms with Gasteiger partial charge in [-0.1, -0.05) is 12.8 Å². The quantitative estimate of drug-likeness (QED) is 0.759. The monoisotopic (exact) mass is 316 g/mol. The van der Waals surface area contributed by atoms with Crippen molar-refractivity contribution in [1.82, 2.24) is 10.6 Å². The minimum atomic E-state index is -2.92. The van der Waals surface area contributed by atoms with Gasteiger partial charge in [-0.15, -0.1) is 0 Å².